The van der Waals surface area contributed by atoms with Crippen LogP contribution in [0.1, 0.15) is 69.9 Å². The Morgan fingerprint density at radius 1 is 1.04 bits per heavy atom. The van der Waals surface area contributed by atoms with E-state index in [4.69, 9.17) is 9.47 Å². The lowest BCUT2D eigenvalue weighted by Gasteiger charge is -2.10. The first-order chi connectivity index (χ1) is 13.2. The van der Waals surface area contributed by atoms with E-state index in [9.17, 15) is 9.59 Å². The number of ether oxygens (including phenoxy) is 2. The molecule has 2 fully saturated rings. The molecule has 0 aromatic carbocycles. The van der Waals surface area contributed by atoms with E-state index >= 15 is 0 Å². The number of nitrogens with zero attached hydrogens (tertiary/aromatic N) is 1. The Hall–Kier alpha value is -2.01. The van der Waals surface area contributed by atoms with Crippen LogP contribution in [0, 0.1) is 0 Å². The molecule has 1 aromatic rings. The Kier molecular flexibility index (Phi) is 7.16. The second kappa shape index (κ2) is 9.79. The zero-order valence-electron chi connectivity index (χ0n) is 15.9. The maximum absolute atomic E-state index is 11.9. The van der Waals surface area contributed by atoms with E-state index in [2.05, 4.69) is 11.1 Å². The summed E-state index contributed by atoms with van der Waals surface area (Å²) in [6, 6.07) is 5.81. The van der Waals surface area contributed by atoms with Crippen LogP contribution < -0.4 is 0 Å². The molecule has 27 heavy (non-hydrogen) atoms. The van der Waals surface area contributed by atoms with Gasteiger partial charge >= 0.3 is 5.97 Å². The van der Waals surface area contributed by atoms with E-state index in [0.29, 0.717) is 38.7 Å². The van der Waals surface area contributed by atoms with Gasteiger partial charge in [-0.25, -0.2) is 0 Å². The van der Waals surface area contributed by atoms with Gasteiger partial charge in [0.25, 0.3) is 0 Å². The average molecular weight is 371 g/mol. The van der Waals surface area contributed by atoms with E-state index in [1.807, 2.05) is 24.3 Å². The van der Waals surface area contributed by atoms with Gasteiger partial charge in [-0.05, 0) is 43.5 Å². The Morgan fingerprint density at radius 3 is 2.74 bits per heavy atom. The molecule has 3 heterocycles. The van der Waals surface area contributed by atoms with E-state index in [0.717, 1.165) is 37.8 Å². The number of carbonyl (C=O) groups excluding carboxylic acids is 2. The van der Waals surface area contributed by atoms with Gasteiger partial charge in [-0.2, -0.15) is 0 Å². The van der Waals surface area contributed by atoms with Gasteiger partial charge in [-0.3, -0.25) is 14.6 Å². The van der Waals surface area contributed by atoms with Gasteiger partial charge in [0.2, 0.25) is 0 Å². The van der Waals surface area contributed by atoms with Crippen molar-refractivity contribution in [3.05, 3.63) is 36.2 Å². The molecule has 0 radical (unpaired) electrons. The number of aromatic nitrogens is 1. The van der Waals surface area contributed by atoms with Gasteiger partial charge in [0.15, 0.2) is 0 Å². The predicted octanol–water partition coefficient (Wildman–Crippen LogP) is 4.26. The summed E-state index contributed by atoms with van der Waals surface area (Å²) in [4.78, 5) is 28.0. The molecule has 2 aliphatic rings. The van der Waals surface area contributed by atoms with Gasteiger partial charge in [-0.1, -0.05) is 25.3 Å². The van der Waals surface area contributed by atoms with Crippen LogP contribution in [0.15, 0.2) is 30.5 Å². The highest BCUT2D eigenvalue weighted by Crippen LogP contribution is 2.44. The molecule has 1 aromatic heterocycles. The highest BCUT2D eigenvalue weighted by Gasteiger charge is 2.53. The number of hydrogen-bond acceptors (Lipinski definition) is 5. The molecule has 2 unspecified atom stereocenters. The quantitative estimate of drug-likeness (QED) is 0.574. The Labute approximate surface area is 161 Å². The normalized spacial score (nSPS) is 28.5. The molecule has 2 aliphatic heterocycles. The number of epoxide rings is 1. The summed E-state index contributed by atoms with van der Waals surface area (Å²) in [5.74, 6) is 0.0371. The van der Waals surface area contributed by atoms with E-state index < -0.39 is 0 Å². The lowest BCUT2D eigenvalue weighted by Crippen LogP contribution is -2.17. The number of carbonyl (C=O) groups is 2. The molecule has 0 saturated carbocycles. The van der Waals surface area contributed by atoms with Crippen LogP contribution in [-0.2, 0) is 19.1 Å². The SMILES string of the molecule is O=C1CCCCCCC2OC2(C=Cc2ccccn2)CCOC(=O)CCC1. The first-order valence-electron chi connectivity index (χ1n) is 10.1. The highest BCUT2D eigenvalue weighted by atomic mass is 16.6. The lowest BCUT2D eigenvalue weighted by molar-refractivity contribution is -0.144. The molecular weight excluding hydrogens is 342 g/mol. The van der Waals surface area contributed by atoms with Crippen LogP contribution in [0.3, 0.4) is 0 Å². The molecule has 3 rings (SSSR count). The van der Waals surface area contributed by atoms with Crippen molar-refractivity contribution in [2.24, 2.45) is 0 Å². The Morgan fingerprint density at radius 2 is 1.89 bits per heavy atom. The second-order valence-electron chi connectivity index (χ2n) is 7.46. The Bertz CT molecular complexity index is 658. The third-order valence-electron chi connectivity index (χ3n) is 5.34. The summed E-state index contributed by atoms with van der Waals surface area (Å²) in [5, 5.41) is 0. The monoisotopic (exact) mass is 371 g/mol. The van der Waals surface area contributed by atoms with Crippen LogP contribution in [0.2, 0.25) is 0 Å². The van der Waals surface area contributed by atoms with Crippen LogP contribution in [0.25, 0.3) is 6.08 Å². The van der Waals surface area contributed by atoms with Crippen molar-refractivity contribution >= 4 is 17.8 Å². The minimum absolute atomic E-state index is 0.172. The van der Waals surface area contributed by atoms with Gasteiger partial charge in [0, 0.05) is 31.9 Å². The minimum atomic E-state index is -0.342. The fraction of sp³-hybridized carbons (Fsp3) is 0.591. The van der Waals surface area contributed by atoms with E-state index in [1.54, 1.807) is 6.20 Å². The molecule has 5 nitrogen and oxygen atoms in total. The third-order valence-corrected chi connectivity index (χ3v) is 5.34. The number of esters is 1. The minimum Gasteiger partial charge on any atom is -0.466 e. The van der Waals surface area contributed by atoms with Crippen molar-refractivity contribution in [1.82, 2.24) is 4.98 Å². The van der Waals surface area contributed by atoms with Crippen molar-refractivity contribution < 1.29 is 19.1 Å². The number of cyclic esters (lactones) is 1. The second-order valence-corrected chi connectivity index (χ2v) is 7.46. The number of Topliss-reactive ketones (excluding diaryl/α,β-unsaturated/α-hetero) is 1. The first-order valence-corrected chi connectivity index (χ1v) is 10.1. The standard InChI is InChI=1S/C22H29NO4/c24-19-9-3-1-2-4-11-20-22(27-20,14-13-18-8-5-6-16-23-18)15-17-26-21(25)12-7-10-19/h5-6,8,13-14,16,20H,1-4,7,9-12,15,17H2. The number of fused-ring (bicyclic) bond motifs is 1. The smallest absolute Gasteiger partial charge is 0.305 e. The first kappa shape index (κ1) is 19.7. The Balaban J connectivity index is 1.59. The van der Waals surface area contributed by atoms with Crippen LogP contribution in [0.5, 0.6) is 0 Å². The number of pyridine rings is 1. The fourth-order valence-electron chi connectivity index (χ4n) is 3.64. The lowest BCUT2D eigenvalue weighted by atomic mass is 9.96. The van der Waals surface area contributed by atoms with Crippen molar-refractivity contribution in [2.45, 2.75) is 75.9 Å². The summed E-state index contributed by atoms with van der Waals surface area (Å²) >= 11 is 0. The molecule has 2 atom stereocenters. The summed E-state index contributed by atoms with van der Waals surface area (Å²) in [6.07, 6.45) is 13.9. The van der Waals surface area contributed by atoms with Gasteiger partial charge in [0.05, 0.1) is 18.4 Å². The zero-order valence-corrected chi connectivity index (χ0v) is 15.9. The van der Waals surface area contributed by atoms with Gasteiger partial charge in [-0.15, -0.1) is 0 Å². The molecule has 5 heteroatoms. The van der Waals surface area contributed by atoms with Crippen molar-refractivity contribution in [3.63, 3.8) is 0 Å². The third kappa shape index (κ3) is 6.28. The number of hydrogen-bond donors (Lipinski definition) is 0. The average Bonchev–Trinajstić information content (AvgIpc) is 3.36. The van der Waals surface area contributed by atoms with Crippen molar-refractivity contribution in [2.75, 3.05) is 6.61 Å². The molecule has 0 bridgehead atoms. The molecule has 0 amide bonds. The topological polar surface area (TPSA) is 68.8 Å². The summed E-state index contributed by atoms with van der Waals surface area (Å²) in [6.45, 7) is 0.343. The summed E-state index contributed by atoms with van der Waals surface area (Å²) < 4.78 is 11.4. The van der Waals surface area contributed by atoms with Crippen LogP contribution in [0.4, 0.5) is 0 Å². The molecule has 146 valence electrons. The number of ketones is 1. The molecule has 0 aliphatic carbocycles. The van der Waals surface area contributed by atoms with Crippen molar-refractivity contribution in [3.8, 4) is 0 Å². The van der Waals surface area contributed by atoms with E-state index in [-0.39, 0.29) is 23.5 Å². The molecule has 0 N–H and O–H groups in total. The zero-order chi connectivity index (χ0) is 19.0. The largest absolute Gasteiger partial charge is 0.466 e. The molecule has 2 saturated heterocycles. The highest BCUT2D eigenvalue weighted by molar-refractivity contribution is 5.79. The van der Waals surface area contributed by atoms with Gasteiger partial charge < -0.3 is 9.47 Å². The van der Waals surface area contributed by atoms with E-state index in [1.165, 1.54) is 0 Å². The summed E-state index contributed by atoms with van der Waals surface area (Å²) in [5.41, 5.74) is 0.556. The maximum Gasteiger partial charge on any atom is 0.305 e. The number of rotatable bonds is 2. The van der Waals surface area contributed by atoms with Crippen LogP contribution >= 0.6 is 0 Å². The molecular formula is C22H29NO4. The maximum atomic E-state index is 11.9. The van der Waals surface area contributed by atoms with Crippen molar-refractivity contribution in [1.29, 1.82) is 0 Å². The van der Waals surface area contributed by atoms with Crippen LogP contribution in [-0.4, -0.2) is 35.0 Å². The fourth-order valence-corrected chi connectivity index (χ4v) is 3.64. The van der Waals surface area contributed by atoms with Gasteiger partial charge in [0.1, 0.15) is 11.4 Å². The molecule has 0 spiro atoms. The predicted molar refractivity (Wildman–Crippen MR) is 103 cm³/mol. The summed E-state index contributed by atoms with van der Waals surface area (Å²) in [7, 11) is 0.